The Hall–Kier alpha value is -0.900. The molecule has 1 saturated heterocycles. The molecule has 0 aromatic heterocycles. The predicted octanol–water partition coefficient (Wildman–Crippen LogP) is 2.55. The number of hydrogen-bond acceptors (Lipinski definition) is 3. The quantitative estimate of drug-likeness (QED) is 0.901. The van der Waals surface area contributed by atoms with E-state index >= 15 is 0 Å². The molecule has 3 heteroatoms. The highest BCUT2D eigenvalue weighted by Crippen LogP contribution is 2.36. The molecule has 1 aliphatic heterocycles. The molecule has 1 saturated carbocycles. The Morgan fingerprint density at radius 2 is 2.00 bits per heavy atom. The molecule has 2 fully saturated rings. The summed E-state index contributed by atoms with van der Waals surface area (Å²) in [6.07, 6.45) is 2.91. The third-order valence-electron chi connectivity index (χ3n) is 4.99. The average Bonchev–Trinajstić information content (AvgIpc) is 2.47. The predicted molar refractivity (Wildman–Crippen MR) is 86.8 cm³/mol. The normalized spacial score (nSPS) is 30.1. The van der Waals surface area contributed by atoms with Crippen LogP contribution in [0.2, 0.25) is 0 Å². The Morgan fingerprint density at radius 1 is 1.24 bits per heavy atom. The van der Waals surface area contributed by atoms with Gasteiger partial charge in [-0.3, -0.25) is 4.90 Å². The first-order valence-electron chi connectivity index (χ1n) is 8.38. The summed E-state index contributed by atoms with van der Waals surface area (Å²) < 4.78 is 5.85. The molecular weight excluding hydrogens is 260 g/mol. The number of nitrogens with zero attached hydrogens (tertiary/aromatic N) is 1. The SMILES string of the molecule is CCN1CCOC(CNC2CC(c3ccc(C)cc3)C2)C1. The van der Waals surface area contributed by atoms with Gasteiger partial charge < -0.3 is 10.1 Å². The lowest BCUT2D eigenvalue weighted by Crippen LogP contribution is -2.50. The van der Waals surface area contributed by atoms with Crippen LogP contribution in [0.15, 0.2) is 24.3 Å². The van der Waals surface area contributed by atoms with Gasteiger partial charge in [-0.25, -0.2) is 0 Å². The highest BCUT2D eigenvalue weighted by Gasteiger charge is 2.30. The zero-order valence-electron chi connectivity index (χ0n) is 13.3. The van der Waals surface area contributed by atoms with Crippen molar-refractivity contribution in [2.75, 3.05) is 32.8 Å². The number of rotatable bonds is 5. The summed E-state index contributed by atoms with van der Waals surface area (Å²) in [5.74, 6) is 0.752. The van der Waals surface area contributed by atoms with Crippen molar-refractivity contribution < 1.29 is 4.74 Å². The van der Waals surface area contributed by atoms with E-state index in [1.54, 1.807) is 0 Å². The molecule has 0 radical (unpaired) electrons. The van der Waals surface area contributed by atoms with Gasteiger partial charge in [-0.1, -0.05) is 36.8 Å². The number of aryl methyl sites for hydroxylation is 1. The van der Waals surface area contributed by atoms with Gasteiger partial charge in [0.15, 0.2) is 0 Å². The Bertz CT molecular complexity index is 439. The molecule has 3 nitrogen and oxygen atoms in total. The topological polar surface area (TPSA) is 24.5 Å². The van der Waals surface area contributed by atoms with Gasteiger partial charge in [-0.15, -0.1) is 0 Å². The van der Waals surface area contributed by atoms with E-state index < -0.39 is 0 Å². The van der Waals surface area contributed by atoms with E-state index in [-0.39, 0.29) is 0 Å². The lowest BCUT2D eigenvalue weighted by Gasteiger charge is -2.38. The molecule has 1 unspecified atom stereocenters. The van der Waals surface area contributed by atoms with Gasteiger partial charge in [0.1, 0.15) is 0 Å². The van der Waals surface area contributed by atoms with Crippen LogP contribution in [-0.2, 0) is 4.74 Å². The van der Waals surface area contributed by atoms with Crippen molar-refractivity contribution in [1.82, 2.24) is 10.2 Å². The molecule has 1 atom stereocenters. The summed E-state index contributed by atoms with van der Waals surface area (Å²) in [6.45, 7) is 9.58. The zero-order valence-corrected chi connectivity index (χ0v) is 13.3. The van der Waals surface area contributed by atoms with Crippen LogP contribution in [-0.4, -0.2) is 49.8 Å². The van der Waals surface area contributed by atoms with Crippen LogP contribution in [0.25, 0.3) is 0 Å². The number of nitrogens with one attached hydrogen (secondary N) is 1. The highest BCUT2D eigenvalue weighted by atomic mass is 16.5. The van der Waals surface area contributed by atoms with E-state index in [1.165, 1.54) is 24.0 Å². The van der Waals surface area contributed by atoms with E-state index in [4.69, 9.17) is 4.74 Å². The highest BCUT2D eigenvalue weighted by molar-refractivity contribution is 5.26. The van der Waals surface area contributed by atoms with Gasteiger partial charge in [-0.05, 0) is 37.8 Å². The largest absolute Gasteiger partial charge is 0.374 e. The van der Waals surface area contributed by atoms with E-state index in [2.05, 4.69) is 48.3 Å². The number of hydrogen-bond donors (Lipinski definition) is 1. The Labute approximate surface area is 128 Å². The molecule has 0 bridgehead atoms. The van der Waals surface area contributed by atoms with Gasteiger partial charge in [-0.2, -0.15) is 0 Å². The fourth-order valence-corrected chi connectivity index (χ4v) is 3.38. The van der Waals surface area contributed by atoms with Crippen molar-refractivity contribution in [2.45, 2.75) is 44.8 Å². The van der Waals surface area contributed by atoms with Gasteiger partial charge in [0, 0.05) is 25.7 Å². The summed E-state index contributed by atoms with van der Waals surface area (Å²) in [7, 11) is 0. The van der Waals surface area contributed by atoms with Crippen LogP contribution >= 0.6 is 0 Å². The Morgan fingerprint density at radius 3 is 2.71 bits per heavy atom. The number of morpholine rings is 1. The van der Waals surface area contributed by atoms with Crippen molar-refractivity contribution in [1.29, 1.82) is 0 Å². The van der Waals surface area contributed by atoms with Crippen LogP contribution in [0.5, 0.6) is 0 Å². The second-order valence-electron chi connectivity index (χ2n) is 6.57. The number of likely N-dealkylation sites (N-methyl/N-ethyl adjacent to an activating group) is 1. The molecule has 0 spiro atoms. The first-order valence-corrected chi connectivity index (χ1v) is 8.38. The van der Waals surface area contributed by atoms with Crippen molar-refractivity contribution in [2.24, 2.45) is 0 Å². The van der Waals surface area contributed by atoms with Crippen LogP contribution in [0.1, 0.15) is 36.8 Å². The Kier molecular flexibility index (Phi) is 4.94. The molecule has 1 aromatic rings. The number of benzene rings is 1. The van der Waals surface area contributed by atoms with Gasteiger partial charge in [0.05, 0.1) is 12.7 Å². The van der Waals surface area contributed by atoms with E-state index in [0.29, 0.717) is 12.1 Å². The van der Waals surface area contributed by atoms with Gasteiger partial charge in [0.25, 0.3) is 0 Å². The molecule has 2 aliphatic rings. The monoisotopic (exact) mass is 288 g/mol. The Balaban J connectivity index is 1.38. The van der Waals surface area contributed by atoms with Crippen LogP contribution < -0.4 is 5.32 Å². The standard InChI is InChI=1S/C18H28N2O/c1-3-20-8-9-21-18(13-20)12-19-17-10-16(11-17)15-6-4-14(2)5-7-15/h4-7,16-19H,3,8-13H2,1-2H3. The maximum absolute atomic E-state index is 5.85. The van der Waals surface area contributed by atoms with Crippen molar-refractivity contribution in [3.05, 3.63) is 35.4 Å². The second-order valence-corrected chi connectivity index (χ2v) is 6.57. The lowest BCUT2D eigenvalue weighted by atomic mass is 9.75. The van der Waals surface area contributed by atoms with Crippen molar-refractivity contribution in [3.63, 3.8) is 0 Å². The minimum Gasteiger partial charge on any atom is -0.374 e. The van der Waals surface area contributed by atoms with E-state index in [0.717, 1.165) is 38.7 Å². The van der Waals surface area contributed by atoms with E-state index in [9.17, 15) is 0 Å². The molecule has 0 amide bonds. The molecular formula is C18H28N2O. The van der Waals surface area contributed by atoms with Crippen LogP contribution in [0, 0.1) is 6.92 Å². The maximum atomic E-state index is 5.85. The minimum atomic E-state index is 0.372. The third kappa shape index (κ3) is 3.85. The summed E-state index contributed by atoms with van der Waals surface area (Å²) in [6, 6.07) is 9.72. The number of ether oxygens (including phenoxy) is 1. The molecule has 1 heterocycles. The maximum Gasteiger partial charge on any atom is 0.0826 e. The zero-order chi connectivity index (χ0) is 14.7. The third-order valence-corrected chi connectivity index (χ3v) is 4.99. The van der Waals surface area contributed by atoms with Gasteiger partial charge >= 0.3 is 0 Å². The molecule has 21 heavy (non-hydrogen) atoms. The molecule has 1 aromatic carbocycles. The van der Waals surface area contributed by atoms with Crippen molar-refractivity contribution >= 4 is 0 Å². The fraction of sp³-hybridized carbons (Fsp3) is 0.667. The molecule has 1 N–H and O–H groups in total. The second kappa shape index (κ2) is 6.91. The summed E-state index contributed by atoms with van der Waals surface area (Å²) in [5.41, 5.74) is 2.85. The first kappa shape index (κ1) is 15.0. The average molecular weight is 288 g/mol. The molecule has 3 rings (SSSR count). The van der Waals surface area contributed by atoms with E-state index in [1.807, 2.05) is 0 Å². The van der Waals surface area contributed by atoms with Crippen LogP contribution in [0.3, 0.4) is 0 Å². The lowest BCUT2D eigenvalue weighted by molar-refractivity contribution is -0.0276. The molecule has 1 aliphatic carbocycles. The summed E-state index contributed by atoms with van der Waals surface area (Å²) in [5, 5.41) is 3.69. The van der Waals surface area contributed by atoms with Crippen LogP contribution in [0.4, 0.5) is 0 Å². The first-order chi connectivity index (χ1) is 10.2. The summed E-state index contributed by atoms with van der Waals surface area (Å²) >= 11 is 0. The van der Waals surface area contributed by atoms with Crippen molar-refractivity contribution in [3.8, 4) is 0 Å². The smallest absolute Gasteiger partial charge is 0.0826 e. The summed E-state index contributed by atoms with van der Waals surface area (Å²) in [4.78, 5) is 2.48. The fourth-order valence-electron chi connectivity index (χ4n) is 3.38. The minimum absolute atomic E-state index is 0.372. The molecule has 116 valence electrons. The van der Waals surface area contributed by atoms with Gasteiger partial charge in [0.2, 0.25) is 0 Å².